The van der Waals surface area contributed by atoms with Gasteiger partial charge in [-0.2, -0.15) is 0 Å². The molecule has 0 aromatic heterocycles. The van der Waals surface area contributed by atoms with Crippen molar-refractivity contribution in [2.75, 3.05) is 26.7 Å². The third kappa shape index (κ3) is 2.11. The summed E-state index contributed by atoms with van der Waals surface area (Å²) in [6.45, 7) is 3.32. The molecule has 3 rings (SSSR count). The van der Waals surface area contributed by atoms with E-state index in [1.54, 1.807) is 0 Å². The Bertz CT molecular complexity index is 270. The molecule has 0 unspecified atom stereocenters. The minimum Gasteiger partial charge on any atom is -0.356 e. The van der Waals surface area contributed by atoms with Crippen molar-refractivity contribution in [3.05, 3.63) is 0 Å². The second-order valence-electron chi connectivity index (χ2n) is 5.36. The van der Waals surface area contributed by atoms with Crippen LogP contribution in [0.2, 0.25) is 0 Å². The summed E-state index contributed by atoms with van der Waals surface area (Å²) >= 11 is 0. The molecule has 2 saturated carbocycles. The molecule has 84 valence electrons. The highest BCUT2D eigenvalue weighted by Gasteiger charge is 2.47. The summed E-state index contributed by atoms with van der Waals surface area (Å²) in [5.74, 6) is 4.24. The van der Waals surface area contributed by atoms with E-state index < -0.39 is 0 Å². The van der Waals surface area contributed by atoms with E-state index in [0.717, 1.165) is 43.3 Å². The smallest absolute Gasteiger partial charge is 0.193 e. The van der Waals surface area contributed by atoms with Crippen LogP contribution in [0.25, 0.3) is 0 Å². The zero-order chi connectivity index (χ0) is 10.3. The zero-order valence-electron chi connectivity index (χ0n) is 9.58. The maximum Gasteiger partial charge on any atom is 0.193 e. The van der Waals surface area contributed by atoms with E-state index in [4.69, 9.17) is 0 Å². The molecule has 0 spiro atoms. The van der Waals surface area contributed by atoms with E-state index in [1.165, 1.54) is 25.7 Å². The molecule has 1 heterocycles. The van der Waals surface area contributed by atoms with Crippen molar-refractivity contribution >= 4 is 5.96 Å². The number of guanidine groups is 1. The highest BCUT2D eigenvalue weighted by atomic mass is 15.3. The molecule has 2 aliphatic carbocycles. The second-order valence-corrected chi connectivity index (χ2v) is 5.36. The number of hydrogen-bond acceptors (Lipinski definition) is 3. The molecule has 1 aliphatic heterocycles. The second kappa shape index (κ2) is 3.69. The predicted molar refractivity (Wildman–Crippen MR) is 61.9 cm³/mol. The highest BCUT2D eigenvalue weighted by molar-refractivity contribution is 5.80. The van der Waals surface area contributed by atoms with Gasteiger partial charge in [-0.1, -0.05) is 0 Å². The lowest BCUT2D eigenvalue weighted by molar-refractivity contribution is 0.442. The van der Waals surface area contributed by atoms with E-state index in [-0.39, 0.29) is 0 Å². The van der Waals surface area contributed by atoms with Crippen LogP contribution in [0.5, 0.6) is 0 Å². The van der Waals surface area contributed by atoms with Crippen molar-refractivity contribution in [2.24, 2.45) is 22.7 Å². The summed E-state index contributed by atoms with van der Waals surface area (Å²) < 4.78 is 0. The van der Waals surface area contributed by atoms with Crippen LogP contribution in [0.4, 0.5) is 0 Å². The highest BCUT2D eigenvalue weighted by Crippen LogP contribution is 2.53. The summed E-state index contributed by atoms with van der Waals surface area (Å²) in [7, 11) is 2.14. The Kier molecular flexibility index (Phi) is 2.33. The van der Waals surface area contributed by atoms with Gasteiger partial charge in [-0.25, -0.2) is 0 Å². The van der Waals surface area contributed by atoms with Gasteiger partial charge >= 0.3 is 0 Å². The summed E-state index contributed by atoms with van der Waals surface area (Å²) in [5, 5.41) is 3.52. The molecule has 0 saturated heterocycles. The van der Waals surface area contributed by atoms with Gasteiger partial charge in [0.1, 0.15) is 0 Å². The van der Waals surface area contributed by atoms with Crippen molar-refractivity contribution in [1.82, 2.24) is 10.2 Å². The molecule has 1 N–H and O–H groups in total. The Morgan fingerprint density at radius 3 is 3.07 bits per heavy atom. The van der Waals surface area contributed by atoms with Gasteiger partial charge in [0.2, 0.25) is 0 Å². The fourth-order valence-electron chi connectivity index (χ4n) is 2.74. The Morgan fingerprint density at radius 1 is 1.47 bits per heavy atom. The Morgan fingerprint density at radius 2 is 2.33 bits per heavy atom. The van der Waals surface area contributed by atoms with Crippen LogP contribution in [0.3, 0.4) is 0 Å². The lowest BCUT2D eigenvalue weighted by Crippen LogP contribution is -2.42. The summed E-state index contributed by atoms with van der Waals surface area (Å²) in [5.41, 5.74) is 0. The Labute approximate surface area is 91.9 Å². The molecular weight excluding hydrogens is 186 g/mol. The maximum atomic E-state index is 4.53. The van der Waals surface area contributed by atoms with E-state index in [0.29, 0.717) is 0 Å². The lowest BCUT2D eigenvalue weighted by Gasteiger charge is -2.25. The molecule has 3 aliphatic rings. The van der Waals surface area contributed by atoms with Crippen LogP contribution in [0.15, 0.2) is 4.99 Å². The molecule has 0 aromatic rings. The normalized spacial score (nSPS) is 35.0. The van der Waals surface area contributed by atoms with Crippen molar-refractivity contribution < 1.29 is 0 Å². The average Bonchev–Trinajstić information content (AvgIpc) is 3.10. The molecule has 3 heteroatoms. The minimum absolute atomic E-state index is 0.954. The van der Waals surface area contributed by atoms with Gasteiger partial charge in [0, 0.05) is 26.7 Å². The largest absolute Gasteiger partial charge is 0.356 e. The van der Waals surface area contributed by atoms with Crippen LogP contribution < -0.4 is 5.32 Å². The topological polar surface area (TPSA) is 27.6 Å². The number of nitrogens with zero attached hydrogens (tertiary/aromatic N) is 2. The SMILES string of the molecule is CN1CCCN=C1NC[C@@H]1C[C@H]1C1CC1. The maximum absolute atomic E-state index is 4.53. The van der Waals surface area contributed by atoms with E-state index in [2.05, 4.69) is 22.3 Å². The van der Waals surface area contributed by atoms with Crippen molar-refractivity contribution in [3.63, 3.8) is 0 Å². The monoisotopic (exact) mass is 207 g/mol. The summed E-state index contributed by atoms with van der Waals surface area (Å²) in [6, 6.07) is 0. The molecule has 2 fully saturated rings. The van der Waals surface area contributed by atoms with Gasteiger partial charge < -0.3 is 10.2 Å². The quantitative estimate of drug-likeness (QED) is 0.755. The van der Waals surface area contributed by atoms with Crippen LogP contribution >= 0.6 is 0 Å². The van der Waals surface area contributed by atoms with Crippen LogP contribution in [0.1, 0.15) is 25.7 Å². The molecular formula is C12H21N3. The van der Waals surface area contributed by atoms with Gasteiger partial charge in [0.15, 0.2) is 5.96 Å². The molecule has 0 aromatic carbocycles. The van der Waals surface area contributed by atoms with Crippen molar-refractivity contribution in [1.29, 1.82) is 0 Å². The first-order chi connectivity index (χ1) is 7.34. The number of nitrogens with one attached hydrogen (secondary N) is 1. The molecule has 0 amide bonds. The van der Waals surface area contributed by atoms with Crippen LogP contribution in [-0.4, -0.2) is 37.5 Å². The van der Waals surface area contributed by atoms with E-state index in [1.807, 2.05) is 0 Å². The third-order valence-corrected chi connectivity index (χ3v) is 4.00. The van der Waals surface area contributed by atoms with E-state index in [9.17, 15) is 0 Å². The van der Waals surface area contributed by atoms with Gasteiger partial charge in [-0.15, -0.1) is 0 Å². The average molecular weight is 207 g/mol. The van der Waals surface area contributed by atoms with E-state index >= 15 is 0 Å². The number of aliphatic imine (C=N–C) groups is 1. The number of rotatable bonds is 3. The minimum atomic E-state index is 0.954. The van der Waals surface area contributed by atoms with Gasteiger partial charge in [-0.05, 0) is 43.4 Å². The Balaban J connectivity index is 1.43. The fourth-order valence-corrected chi connectivity index (χ4v) is 2.74. The van der Waals surface area contributed by atoms with Crippen molar-refractivity contribution in [2.45, 2.75) is 25.7 Å². The van der Waals surface area contributed by atoms with Gasteiger partial charge in [0.25, 0.3) is 0 Å². The van der Waals surface area contributed by atoms with Crippen LogP contribution in [-0.2, 0) is 0 Å². The summed E-state index contributed by atoms with van der Waals surface area (Å²) in [4.78, 5) is 6.78. The molecule has 15 heavy (non-hydrogen) atoms. The molecule has 0 bridgehead atoms. The van der Waals surface area contributed by atoms with Crippen molar-refractivity contribution in [3.8, 4) is 0 Å². The first-order valence-electron chi connectivity index (χ1n) is 6.34. The standard InChI is InChI=1S/C12H21N3/c1-15-6-2-5-13-12(15)14-8-10-7-11(10)9-3-4-9/h9-11H,2-8H2,1H3,(H,13,14)/t10-,11-/m0/s1. The zero-order valence-corrected chi connectivity index (χ0v) is 9.58. The third-order valence-electron chi connectivity index (χ3n) is 4.00. The fraction of sp³-hybridized carbons (Fsp3) is 0.917. The first kappa shape index (κ1) is 9.49. The molecule has 0 radical (unpaired) electrons. The van der Waals surface area contributed by atoms with Gasteiger partial charge in [-0.3, -0.25) is 4.99 Å². The number of hydrogen-bond donors (Lipinski definition) is 1. The van der Waals surface area contributed by atoms with Crippen LogP contribution in [0, 0.1) is 17.8 Å². The van der Waals surface area contributed by atoms with Gasteiger partial charge in [0.05, 0.1) is 0 Å². The lowest BCUT2D eigenvalue weighted by atomic mass is 10.2. The predicted octanol–water partition coefficient (Wildman–Crippen LogP) is 1.31. The molecule has 3 nitrogen and oxygen atoms in total. The summed E-state index contributed by atoms with van der Waals surface area (Å²) in [6.07, 6.45) is 5.68. The first-order valence-corrected chi connectivity index (χ1v) is 6.34. The Hall–Kier alpha value is -0.730. The molecule has 2 atom stereocenters.